The third kappa shape index (κ3) is 4.51. The Labute approximate surface area is 182 Å². The van der Waals surface area contributed by atoms with Crippen molar-refractivity contribution in [3.8, 4) is 11.5 Å². The van der Waals surface area contributed by atoms with Gasteiger partial charge in [0.15, 0.2) is 0 Å². The third-order valence-corrected chi connectivity index (χ3v) is 5.84. The molecular formula is C21H21F2N5O4. The molecule has 0 atom stereocenters. The number of carbonyl (C=O) groups excluding carboxylic acids is 3. The van der Waals surface area contributed by atoms with Gasteiger partial charge in [0.1, 0.15) is 23.1 Å². The number of imide groups is 1. The molecule has 1 saturated heterocycles. The van der Waals surface area contributed by atoms with Gasteiger partial charge in [-0.3, -0.25) is 19.8 Å². The first-order chi connectivity index (χ1) is 15.3. The SMILES string of the molecule is O=CNc1cc(Oc2ccc(NC(=O)N3CCC4(CCC(F)(F)CC4)C3=O)nc2)ccn1. The normalized spacial score (nSPS) is 18.9. The van der Waals surface area contributed by atoms with Crippen LogP contribution in [0.3, 0.4) is 0 Å². The van der Waals surface area contributed by atoms with E-state index in [1.807, 2.05) is 0 Å². The number of anilines is 2. The number of pyridine rings is 2. The van der Waals surface area contributed by atoms with Crippen molar-refractivity contribution in [1.82, 2.24) is 14.9 Å². The number of nitrogens with one attached hydrogen (secondary N) is 2. The molecule has 168 valence electrons. The molecule has 1 aliphatic heterocycles. The first kappa shape index (κ1) is 21.6. The fourth-order valence-electron chi connectivity index (χ4n) is 4.01. The van der Waals surface area contributed by atoms with Gasteiger partial charge >= 0.3 is 6.03 Å². The van der Waals surface area contributed by atoms with Crippen LogP contribution in [0, 0.1) is 5.41 Å². The molecule has 32 heavy (non-hydrogen) atoms. The van der Waals surface area contributed by atoms with Gasteiger partial charge in [-0.2, -0.15) is 0 Å². The van der Waals surface area contributed by atoms with Crippen LogP contribution in [-0.2, 0) is 9.59 Å². The molecule has 2 fully saturated rings. The van der Waals surface area contributed by atoms with E-state index in [0.29, 0.717) is 30.1 Å². The van der Waals surface area contributed by atoms with Crippen molar-refractivity contribution in [3.63, 3.8) is 0 Å². The van der Waals surface area contributed by atoms with Crippen molar-refractivity contribution >= 4 is 30.0 Å². The molecule has 9 nitrogen and oxygen atoms in total. The van der Waals surface area contributed by atoms with Crippen molar-refractivity contribution < 1.29 is 27.9 Å². The van der Waals surface area contributed by atoms with E-state index < -0.39 is 23.3 Å². The van der Waals surface area contributed by atoms with Crippen LogP contribution in [0.1, 0.15) is 32.1 Å². The summed E-state index contributed by atoms with van der Waals surface area (Å²) in [5.74, 6) is -1.80. The number of hydrogen-bond acceptors (Lipinski definition) is 6. The highest BCUT2D eigenvalue weighted by atomic mass is 19.3. The predicted octanol–water partition coefficient (Wildman–Crippen LogP) is 3.80. The van der Waals surface area contributed by atoms with Gasteiger partial charge in [-0.15, -0.1) is 0 Å². The summed E-state index contributed by atoms with van der Waals surface area (Å²) in [6, 6.07) is 5.58. The molecule has 3 heterocycles. The van der Waals surface area contributed by atoms with Crippen LogP contribution in [0.5, 0.6) is 11.5 Å². The van der Waals surface area contributed by atoms with E-state index in [9.17, 15) is 23.2 Å². The van der Waals surface area contributed by atoms with Gasteiger partial charge in [0, 0.05) is 31.6 Å². The highest BCUT2D eigenvalue weighted by molar-refractivity contribution is 6.04. The molecule has 2 aromatic rings. The van der Waals surface area contributed by atoms with E-state index in [0.717, 1.165) is 4.90 Å². The zero-order valence-electron chi connectivity index (χ0n) is 17.0. The Morgan fingerprint density at radius 1 is 1.06 bits per heavy atom. The Morgan fingerprint density at radius 3 is 2.53 bits per heavy atom. The Kier molecular flexibility index (Phi) is 5.72. The molecule has 2 aromatic heterocycles. The average Bonchev–Trinajstić information content (AvgIpc) is 3.09. The maximum absolute atomic E-state index is 13.5. The average molecular weight is 445 g/mol. The van der Waals surface area contributed by atoms with E-state index >= 15 is 0 Å². The standard InChI is InChI=1S/C21H21F2N5O4/c22-21(23)6-4-20(5-7-21)8-10-28(18(20)30)19(31)27-16-2-1-15(12-25-16)32-14-3-9-24-17(11-14)26-13-29/h1-3,9,11-13H,4-8,10H2,(H,24,26,29)(H,25,27,31). The predicted molar refractivity (Wildman–Crippen MR) is 109 cm³/mol. The van der Waals surface area contributed by atoms with E-state index in [1.165, 1.54) is 24.5 Å². The number of amides is 4. The molecule has 0 bridgehead atoms. The van der Waals surface area contributed by atoms with Gasteiger partial charge in [0.05, 0.1) is 11.6 Å². The molecule has 1 spiro atoms. The van der Waals surface area contributed by atoms with Crippen molar-refractivity contribution in [1.29, 1.82) is 0 Å². The van der Waals surface area contributed by atoms with Crippen LogP contribution in [0.2, 0.25) is 0 Å². The lowest BCUT2D eigenvalue weighted by molar-refractivity contribution is -0.140. The second-order valence-electron chi connectivity index (χ2n) is 7.89. The second kappa shape index (κ2) is 8.48. The fraction of sp³-hybridized carbons (Fsp3) is 0.381. The monoisotopic (exact) mass is 445 g/mol. The summed E-state index contributed by atoms with van der Waals surface area (Å²) in [5, 5.41) is 4.98. The number of ether oxygens (including phenoxy) is 1. The van der Waals surface area contributed by atoms with Crippen molar-refractivity contribution in [2.75, 3.05) is 17.2 Å². The molecule has 0 radical (unpaired) electrons. The summed E-state index contributed by atoms with van der Waals surface area (Å²) in [6.07, 6.45) is 3.26. The summed E-state index contributed by atoms with van der Waals surface area (Å²) >= 11 is 0. The highest BCUT2D eigenvalue weighted by Gasteiger charge is 2.53. The molecule has 0 unspecified atom stereocenters. The van der Waals surface area contributed by atoms with E-state index in [4.69, 9.17) is 4.74 Å². The van der Waals surface area contributed by atoms with Crippen LogP contribution in [0.25, 0.3) is 0 Å². The molecule has 11 heteroatoms. The lowest BCUT2D eigenvalue weighted by atomic mass is 9.72. The number of hydrogen-bond donors (Lipinski definition) is 2. The molecule has 0 aromatic carbocycles. The number of alkyl halides is 2. The second-order valence-corrected chi connectivity index (χ2v) is 7.89. The zero-order chi connectivity index (χ0) is 22.8. The molecule has 1 saturated carbocycles. The lowest BCUT2D eigenvalue weighted by Crippen LogP contribution is -2.43. The van der Waals surface area contributed by atoms with Gasteiger partial charge in [-0.25, -0.2) is 23.5 Å². The minimum absolute atomic E-state index is 0.0893. The molecule has 2 N–H and O–H groups in total. The number of aromatic nitrogens is 2. The van der Waals surface area contributed by atoms with Crippen LogP contribution in [0.15, 0.2) is 36.7 Å². The molecule has 1 aliphatic carbocycles. The topological polar surface area (TPSA) is 114 Å². The largest absolute Gasteiger partial charge is 0.456 e. The quantitative estimate of drug-likeness (QED) is 0.677. The summed E-state index contributed by atoms with van der Waals surface area (Å²) in [7, 11) is 0. The van der Waals surface area contributed by atoms with Gasteiger partial charge in [-0.1, -0.05) is 0 Å². The number of likely N-dealkylation sites (tertiary alicyclic amines) is 1. The van der Waals surface area contributed by atoms with Crippen LogP contribution in [-0.4, -0.2) is 45.7 Å². The van der Waals surface area contributed by atoms with Gasteiger partial charge in [0.25, 0.3) is 0 Å². The minimum Gasteiger partial charge on any atom is -0.456 e. The van der Waals surface area contributed by atoms with Crippen molar-refractivity contribution in [2.24, 2.45) is 5.41 Å². The molecule has 2 aliphatic rings. The zero-order valence-corrected chi connectivity index (χ0v) is 17.0. The third-order valence-electron chi connectivity index (χ3n) is 5.84. The highest BCUT2D eigenvalue weighted by Crippen LogP contribution is 2.49. The Hall–Kier alpha value is -3.63. The summed E-state index contributed by atoms with van der Waals surface area (Å²) < 4.78 is 32.6. The van der Waals surface area contributed by atoms with Crippen LogP contribution in [0.4, 0.5) is 25.2 Å². The lowest BCUT2D eigenvalue weighted by Gasteiger charge is -2.35. The number of rotatable bonds is 5. The summed E-state index contributed by atoms with van der Waals surface area (Å²) in [6.45, 7) is 0.191. The maximum atomic E-state index is 13.5. The first-order valence-electron chi connectivity index (χ1n) is 10.1. The number of carbonyl (C=O) groups is 3. The molecule has 4 rings (SSSR count). The summed E-state index contributed by atoms with van der Waals surface area (Å²) in [5.41, 5.74) is -0.869. The number of nitrogens with zero attached hydrogens (tertiary/aromatic N) is 3. The van der Waals surface area contributed by atoms with E-state index in [-0.39, 0.29) is 38.0 Å². The van der Waals surface area contributed by atoms with E-state index in [1.54, 1.807) is 12.1 Å². The van der Waals surface area contributed by atoms with Crippen molar-refractivity contribution in [2.45, 2.75) is 38.0 Å². The number of urea groups is 1. The van der Waals surface area contributed by atoms with Crippen molar-refractivity contribution in [3.05, 3.63) is 36.7 Å². The van der Waals surface area contributed by atoms with Crippen LogP contribution >= 0.6 is 0 Å². The Morgan fingerprint density at radius 2 is 1.84 bits per heavy atom. The van der Waals surface area contributed by atoms with Gasteiger partial charge in [0.2, 0.25) is 18.2 Å². The van der Waals surface area contributed by atoms with Crippen LogP contribution < -0.4 is 15.4 Å². The Bertz CT molecular complexity index is 1020. The fourth-order valence-corrected chi connectivity index (χ4v) is 4.01. The first-order valence-corrected chi connectivity index (χ1v) is 10.1. The summed E-state index contributed by atoms with van der Waals surface area (Å²) in [4.78, 5) is 45.0. The van der Waals surface area contributed by atoms with Gasteiger partial charge < -0.3 is 10.1 Å². The minimum atomic E-state index is -2.74. The molecule has 4 amide bonds. The van der Waals surface area contributed by atoms with E-state index in [2.05, 4.69) is 20.6 Å². The van der Waals surface area contributed by atoms with Gasteiger partial charge in [-0.05, 0) is 37.5 Å². The maximum Gasteiger partial charge on any atom is 0.329 e. The number of halogens is 2. The smallest absolute Gasteiger partial charge is 0.329 e. The molecular weight excluding hydrogens is 424 g/mol. The Balaban J connectivity index is 1.36.